The van der Waals surface area contributed by atoms with Crippen LogP contribution in [0.4, 0.5) is 5.69 Å². The van der Waals surface area contributed by atoms with Crippen LogP contribution in [0.3, 0.4) is 0 Å². The molecule has 0 aliphatic heterocycles. The Balaban J connectivity index is 2.00. The first-order chi connectivity index (χ1) is 12.8. The van der Waals surface area contributed by atoms with Gasteiger partial charge in [-0.05, 0) is 68.7 Å². The van der Waals surface area contributed by atoms with Crippen LogP contribution in [-0.2, 0) is 5.41 Å². The van der Waals surface area contributed by atoms with Crippen LogP contribution in [0.1, 0.15) is 42.3 Å². The Kier molecular flexibility index (Phi) is 5.52. The van der Waals surface area contributed by atoms with Gasteiger partial charge >= 0.3 is 0 Å². The fourth-order valence-corrected chi connectivity index (χ4v) is 3.54. The third-order valence-electron chi connectivity index (χ3n) is 4.62. The SMILES string of the molecule is Cc1cccc(C(=O)Nc2ccc(-c3ccccc3)cc2C(C)(C)C)c1Br. The van der Waals surface area contributed by atoms with E-state index in [4.69, 9.17) is 0 Å². The molecule has 0 spiro atoms. The quantitative estimate of drug-likeness (QED) is 0.485. The number of carbonyl (C=O) groups is 1. The van der Waals surface area contributed by atoms with Gasteiger partial charge in [-0.1, -0.05) is 69.3 Å². The molecule has 0 aliphatic rings. The highest BCUT2D eigenvalue weighted by molar-refractivity contribution is 9.10. The molecule has 0 fully saturated rings. The van der Waals surface area contributed by atoms with E-state index in [2.05, 4.69) is 66.3 Å². The number of nitrogens with one attached hydrogen (secondary N) is 1. The fourth-order valence-electron chi connectivity index (χ4n) is 3.10. The molecule has 0 atom stereocenters. The molecule has 0 aliphatic carbocycles. The first-order valence-corrected chi connectivity index (χ1v) is 9.83. The zero-order valence-corrected chi connectivity index (χ0v) is 17.7. The van der Waals surface area contributed by atoms with Crippen molar-refractivity contribution in [1.82, 2.24) is 0 Å². The summed E-state index contributed by atoms with van der Waals surface area (Å²) in [6.45, 7) is 8.47. The zero-order valence-electron chi connectivity index (χ0n) is 16.1. The Hall–Kier alpha value is -2.39. The van der Waals surface area contributed by atoms with Crippen LogP contribution in [0.25, 0.3) is 11.1 Å². The minimum atomic E-state index is -0.108. The lowest BCUT2D eigenvalue weighted by molar-refractivity contribution is 0.102. The van der Waals surface area contributed by atoms with Gasteiger partial charge in [0, 0.05) is 10.2 Å². The topological polar surface area (TPSA) is 29.1 Å². The Morgan fingerprint density at radius 2 is 1.59 bits per heavy atom. The van der Waals surface area contributed by atoms with Crippen LogP contribution in [-0.4, -0.2) is 5.91 Å². The van der Waals surface area contributed by atoms with Gasteiger partial charge in [0.05, 0.1) is 5.56 Å². The second-order valence-corrected chi connectivity index (χ2v) is 8.56. The lowest BCUT2D eigenvalue weighted by Gasteiger charge is -2.24. The predicted molar refractivity (Wildman–Crippen MR) is 117 cm³/mol. The van der Waals surface area contributed by atoms with E-state index in [9.17, 15) is 4.79 Å². The maximum absolute atomic E-state index is 12.9. The summed E-state index contributed by atoms with van der Waals surface area (Å²) >= 11 is 3.53. The molecule has 0 heterocycles. The molecule has 0 saturated carbocycles. The van der Waals surface area contributed by atoms with Crippen LogP contribution in [0.2, 0.25) is 0 Å². The van der Waals surface area contributed by atoms with Gasteiger partial charge in [-0.2, -0.15) is 0 Å². The van der Waals surface area contributed by atoms with Crippen LogP contribution in [0.15, 0.2) is 71.2 Å². The number of amides is 1. The molecule has 0 radical (unpaired) electrons. The molecule has 1 N–H and O–H groups in total. The lowest BCUT2D eigenvalue weighted by Crippen LogP contribution is -2.19. The minimum Gasteiger partial charge on any atom is -0.322 e. The molecule has 3 rings (SSSR count). The van der Waals surface area contributed by atoms with E-state index in [1.165, 1.54) is 5.56 Å². The molecule has 138 valence electrons. The van der Waals surface area contributed by atoms with Crippen LogP contribution < -0.4 is 5.32 Å². The maximum atomic E-state index is 12.9. The Bertz CT molecular complexity index is 971. The molecule has 3 aromatic rings. The van der Waals surface area contributed by atoms with E-state index in [0.29, 0.717) is 5.56 Å². The first kappa shape index (κ1) is 19.4. The second-order valence-electron chi connectivity index (χ2n) is 7.77. The molecule has 0 bridgehead atoms. The smallest absolute Gasteiger partial charge is 0.256 e. The van der Waals surface area contributed by atoms with Crippen molar-refractivity contribution in [3.8, 4) is 11.1 Å². The third kappa shape index (κ3) is 4.30. The van der Waals surface area contributed by atoms with Crippen molar-refractivity contribution >= 4 is 27.5 Å². The second kappa shape index (κ2) is 7.69. The molecule has 0 saturated heterocycles. The molecule has 27 heavy (non-hydrogen) atoms. The molecule has 0 aromatic heterocycles. The molecule has 1 amide bonds. The minimum absolute atomic E-state index is 0.1000. The number of benzene rings is 3. The van der Waals surface area contributed by atoms with Crippen LogP contribution in [0.5, 0.6) is 0 Å². The van der Waals surface area contributed by atoms with Gasteiger partial charge in [-0.15, -0.1) is 0 Å². The van der Waals surface area contributed by atoms with E-state index in [0.717, 1.165) is 26.9 Å². The molecular weight excluding hydrogens is 398 g/mol. The van der Waals surface area contributed by atoms with Gasteiger partial charge in [0.1, 0.15) is 0 Å². The van der Waals surface area contributed by atoms with Gasteiger partial charge in [0.15, 0.2) is 0 Å². The average Bonchev–Trinajstić information content (AvgIpc) is 2.64. The zero-order chi connectivity index (χ0) is 19.6. The van der Waals surface area contributed by atoms with Gasteiger partial charge < -0.3 is 5.32 Å². The van der Waals surface area contributed by atoms with E-state index in [1.807, 2.05) is 49.4 Å². The number of rotatable bonds is 3. The monoisotopic (exact) mass is 421 g/mol. The van der Waals surface area contributed by atoms with E-state index in [1.54, 1.807) is 0 Å². The highest BCUT2D eigenvalue weighted by Gasteiger charge is 2.21. The van der Waals surface area contributed by atoms with Crippen LogP contribution in [0, 0.1) is 6.92 Å². The molecular formula is C24H24BrNO. The summed E-state index contributed by atoms with van der Waals surface area (Å²) in [5.74, 6) is -0.108. The summed E-state index contributed by atoms with van der Waals surface area (Å²) < 4.78 is 0.834. The number of carbonyl (C=O) groups excluding carboxylic acids is 1. The van der Waals surface area contributed by atoms with Gasteiger partial charge in [-0.25, -0.2) is 0 Å². The number of hydrogen-bond acceptors (Lipinski definition) is 1. The largest absolute Gasteiger partial charge is 0.322 e. The number of aryl methyl sites for hydroxylation is 1. The van der Waals surface area contributed by atoms with Crippen molar-refractivity contribution < 1.29 is 4.79 Å². The molecule has 3 heteroatoms. The van der Waals surface area contributed by atoms with Crippen LogP contribution >= 0.6 is 15.9 Å². The summed E-state index contributed by atoms with van der Waals surface area (Å²) in [6.07, 6.45) is 0. The van der Waals surface area contributed by atoms with Crippen molar-refractivity contribution in [2.24, 2.45) is 0 Å². The normalized spacial score (nSPS) is 11.3. The Morgan fingerprint density at radius 1 is 0.889 bits per heavy atom. The standard InChI is InChI=1S/C24H24BrNO/c1-16-9-8-12-19(22(16)25)23(27)26-21-14-13-18(15-20(21)24(2,3)4)17-10-6-5-7-11-17/h5-15H,1-4H3,(H,26,27). The highest BCUT2D eigenvalue weighted by atomic mass is 79.9. The Morgan fingerprint density at radius 3 is 2.26 bits per heavy atom. The molecule has 3 aromatic carbocycles. The van der Waals surface area contributed by atoms with Crippen molar-refractivity contribution in [2.75, 3.05) is 5.32 Å². The lowest BCUT2D eigenvalue weighted by atomic mass is 9.84. The van der Waals surface area contributed by atoms with Crippen molar-refractivity contribution in [2.45, 2.75) is 33.1 Å². The maximum Gasteiger partial charge on any atom is 0.256 e. The summed E-state index contributed by atoms with van der Waals surface area (Å²) in [4.78, 5) is 12.9. The van der Waals surface area contributed by atoms with Gasteiger partial charge in [0.25, 0.3) is 5.91 Å². The number of anilines is 1. The fraction of sp³-hybridized carbons (Fsp3) is 0.208. The number of hydrogen-bond donors (Lipinski definition) is 1. The number of halogens is 1. The Labute approximate surface area is 169 Å². The van der Waals surface area contributed by atoms with E-state index < -0.39 is 0 Å². The third-order valence-corrected chi connectivity index (χ3v) is 5.67. The van der Waals surface area contributed by atoms with Gasteiger partial charge in [0.2, 0.25) is 0 Å². The summed E-state index contributed by atoms with van der Waals surface area (Å²) in [5.41, 5.74) is 5.86. The summed E-state index contributed by atoms with van der Waals surface area (Å²) in [6, 6.07) is 22.3. The van der Waals surface area contributed by atoms with Gasteiger partial charge in [-0.3, -0.25) is 4.79 Å². The molecule has 2 nitrogen and oxygen atoms in total. The average molecular weight is 422 g/mol. The van der Waals surface area contributed by atoms with E-state index in [-0.39, 0.29) is 11.3 Å². The summed E-state index contributed by atoms with van der Waals surface area (Å²) in [7, 11) is 0. The highest BCUT2D eigenvalue weighted by Crippen LogP contribution is 2.34. The van der Waals surface area contributed by atoms with Crippen molar-refractivity contribution in [1.29, 1.82) is 0 Å². The van der Waals surface area contributed by atoms with E-state index >= 15 is 0 Å². The summed E-state index contributed by atoms with van der Waals surface area (Å²) in [5, 5.41) is 3.11. The molecule has 0 unspecified atom stereocenters. The predicted octanol–water partition coefficient (Wildman–Crippen LogP) is 6.97. The van der Waals surface area contributed by atoms with Crippen molar-refractivity contribution in [3.63, 3.8) is 0 Å². The first-order valence-electron chi connectivity index (χ1n) is 9.04. The van der Waals surface area contributed by atoms with Crippen molar-refractivity contribution in [3.05, 3.63) is 87.9 Å².